The Morgan fingerprint density at radius 1 is 1.19 bits per heavy atom. The summed E-state index contributed by atoms with van der Waals surface area (Å²) < 4.78 is 0. The van der Waals surface area contributed by atoms with E-state index in [1.165, 1.54) is 12.1 Å². The molecule has 15 heteroatoms. The van der Waals surface area contributed by atoms with Crippen LogP contribution in [0.5, 0.6) is 0 Å². The van der Waals surface area contributed by atoms with Gasteiger partial charge in [-0.2, -0.15) is 4.98 Å². The van der Waals surface area contributed by atoms with Crippen molar-refractivity contribution in [1.82, 2.24) is 15.3 Å². The fourth-order valence-corrected chi connectivity index (χ4v) is 3.42. The highest BCUT2D eigenvalue weighted by atomic mass is 16.4. The number of carboxylic acid groups (broad SMARTS) is 2. The Morgan fingerprint density at radius 3 is 2.44 bits per heavy atom. The molecule has 0 saturated carbocycles. The summed E-state index contributed by atoms with van der Waals surface area (Å²) in [5.41, 5.74) is 3.45. The Hall–Kier alpha value is -4.95. The third-order valence-corrected chi connectivity index (χ3v) is 5.47. The molecule has 0 spiro atoms. The standard InChI is InChI=1S/C21H23N7O8/c22-20-27-15-14(17(32)28-20)25-12(7-24-15)6-23-11-3-1-10(2-4-11)16(31)26-13(18(33)34)5-21(8-29,9-30)19(35)36/h1-4,8-9,12-13,23,25H,5-7H2,(H,26,31)(H,33,34)(H,35,36)(H4,22,24,27,28,32)/t12?,13-/m0/s1. The topological polar surface area (TPSA) is 246 Å². The molecule has 190 valence electrons. The molecule has 0 radical (unpaired) electrons. The van der Waals surface area contributed by atoms with E-state index in [1.54, 1.807) is 12.1 Å². The lowest BCUT2D eigenvalue weighted by molar-refractivity contribution is -0.154. The molecule has 3 rings (SSSR count). The molecular weight excluding hydrogens is 478 g/mol. The number of nitrogens with zero attached hydrogens (tertiary/aromatic N) is 1. The summed E-state index contributed by atoms with van der Waals surface area (Å²) in [4.78, 5) is 76.1. The third kappa shape index (κ3) is 5.57. The minimum atomic E-state index is -2.60. The lowest BCUT2D eigenvalue weighted by atomic mass is 9.84. The van der Waals surface area contributed by atoms with Gasteiger partial charge in [-0.05, 0) is 24.3 Å². The number of nitrogens with two attached hydrogens (primary N) is 1. The van der Waals surface area contributed by atoms with Crippen molar-refractivity contribution in [2.75, 3.05) is 34.8 Å². The fraction of sp³-hybridized carbons (Fsp3) is 0.286. The third-order valence-electron chi connectivity index (χ3n) is 5.47. The van der Waals surface area contributed by atoms with Crippen molar-refractivity contribution in [2.45, 2.75) is 18.5 Å². The summed E-state index contributed by atoms with van der Waals surface area (Å²) in [5.74, 6) is -3.92. The van der Waals surface area contributed by atoms with Crippen LogP contribution in [0.4, 0.5) is 23.1 Å². The number of anilines is 4. The maximum absolute atomic E-state index is 12.5. The first kappa shape index (κ1) is 25.7. The molecule has 2 aromatic rings. The molecule has 1 unspecified atom stereocenters. The van der Waals surface area contributed by atoms with Crippen LogP contribution in [0, 0.1) is 5.41 Å². The van der Waals surface area contributed by atoms with Crippen LogP contribution in [0.1, 0.15) is 16.8 Å². The largest absolute Gasteiger partial charge is 0.480 e. The lowest BCUT2D eigenvalue weighted by Crippen LogP contribution is -2.48. The molecule has 15 nitrogen and oxygen atoms in total. The molecule has 1 aromatic carbocycles. The molecular formula is C21H23N7O8. The van der Waals surface area contributed by atoms with E-state index in [2.05, 4.69) is 31.2 Å². The number of benzene rings is 1. The van der Waals surface area contributed by atoms with E-state index in [9.17, 15) is 33.9 Å². The Kier molecular flexibility index (Phi) is 7.52. The second-order valence-electron chi connectivity index (χ2n) is 8.00. The number of nitrogen functional groups attached to an aromatic ring is 1. The van der Waals surface area contributed by atoms with Gasteiger partial charge in [0.05, 0.1) is 6.04 Å². The Morgan fingerprint density at radius 2 is 1.86 bits per heavy atom. The Bertz CT molecular complexity index is 1240. The molecule has 2 atom stereocenters. The number of carbonyl (C=O) groups is 5. The van der Waals surface area contributed by atoms with Crippen LogP contribution in [0.25, 0.3) is 0 Å². The van der Waals surface area contributed by atoms with Crippen LogP contribution in [-0.2, 0) is 19.2 Å². The van der Waals surface area contributed by atoms with Gasteiger partial charge in [0, 0.05) is 30.8 Å². The van der Waals surface area contributed by atoms with E-state index in [1.807, 2.05) is 0 Å². The van der Waals surface area contributed by atoms with Gasteiger partial charge >= 0.3 is 11.9 Å². The molecule has 36 heavy (non-hydrogen) atoms. The number of rotatable bonds is 11. The lowest BCUT2D eigenvalue weighted by Gasteiger charge is -2.27. The molecule has 0 bridgehead atoms. The Labute approximate surface area is 202 Å². The van der Waals surface area contributed by atoms with Gasteiger partial charge in [-0.25, -0.2) is 4.79 Å². The first-order valence-electron chi connectivity index (χ1n) is 10.5. The highest BCUT2D eigenvalue weighted by molar-refractivity contribution is 6.08. The van der Waals surface area contributed by atoms with Crippen molar-refractivity contribution in [3.05, 3.63) is 40.2 Å². The van der Waals surface area contributed by atoms with Crippen LogP contribution in [0.2, 0.25) is 0 Å². The number of hydrogen-bond acceptors (Lipinski definition) is 11. The molecule has 1 aliphatic heterocycles. The van der Waals surface area contributed by atoms with Gasteiger partial charge in [0.15, 0.2) is 11.2 Å². The zero-order chi connectivity index (χ0) is 26.5. The number of aldehydes is 2. The fourth-order valence-electron chi connectivity index (χ4n) is 3.42. The van der Waals surface area contributed by atoms with E-state index < -0.39 is 41.3 Å². The first-order chi connectivity index (χ1) is 17.1. The van der Waals surface area contributed by atoms with Crippen LogP contribution in [0.15, 0.2) is 29.1 Å². The molecule has 9 N–H and O–H groups in total. The summed E-state index contributed by atoms with van der Waals surface area (Å²) in [6, 6.07) is 3.93. The van der Waals surface area contributed by atoms with Crippen molar-refractivity contribution in [1.29, 1.82) is 0 Å². The van der Waals surface area contributed by atoms with Crippen LogP contribution in [0.3, 0.4) is 0 Å². The summed E-state index contributed by atoms with van der Waals surface area (Å²) in [6.45, 7) is 0.837. The van der Waals surface area contributed by atoms with Crippen LogP contribution >= 0.6 is 0 Å². The van der Waals surface area contributed by atoms with Crippen LogP contribution in [-0.4, -0.2) is 75.8 Å². The number of aliphatic carboxylic acids is 2. The second-order valence-corrected chi connectivity index (χ2v) is 8.00. The van der Waals surface area contributed by atoms with E-state index >= 15 is 0 Å². The zero-order valence-corrected chi connectivity index (χ0v) is 18.6. The first-order valence-corrected chi connectivity index (χ1v) is 10.5. The molecule has 0 fully saturated rings. The van der Waals surface area contributed by atoms with Crippen molar-refractivity contribution in [3.63, 3.8) is 0 Å². The van der Waals surface area contributed by atoms with Crippen molar-refractivity contribution >= 4 is 53.6 Å². The monoisotopic (exact) mass is 501 g/mol. The van der Waals surface area contributed by atoms with Gasteiger partial charge in [0.2, 0.25) is 5.95 Å². The summed E-state index contributed by atoms with van der Waals surface area (Å²) >= 11 is 0. The number of hydrogen-bond donors (Lipinski definition) is 8. The van der Waals surface area contributed by atoms with E-state index in [0.717, 1.165) is 0 Å². The molecule has 1 amide bonds. The van der Waals surface area contributed by atoms with Gasteiger partial charge in [0.1, 0.15) is 24.3 Å². The summed E-state index contributed by atoms with van der Waals surface area (Å²) in [7, 11) is 0. The predicted molar refractivity (Wildman–Crippen MR) is 126 cm³/mol. The predicted octanol–water partition coefficient (Wildman–Crippen LogP) is -1.29. The van der Waals surface area contributed by atoms with Crippen molar-refractivity contribution in [2.24, 2.45) is 5.41 Å². The summed E-state index contributed by atoms with van der Waals surface area (Å²) in [5, 5.41) is 29.8. The maximum Gasteiger partial charge on any atom is 0.326 e. The number of amides is 1. The van der Waals surface area contributed by atoms with E-state index in [4.69, 9.17) is 10.8 Å². The van der Waals surface area contributed by atoms with Gasteiger partial charge in [-0.15, -0.1) is 0 Å². The molecule has 0 aliphatic carbocycles. The average Bonchev–Trinajstić information content (AvgIpc) is 2.85. The van der Waals surface area contributed by atoms with Crippen LogP contribution < -0.4 is 32.6 Å². The minimum Gasteiger partial charge on any atom is -0.480 e. The quantitative estimate of drug-likeness (QED) is 0.132. The van der Waals surface area contributed by atoms with E-state index in [-0.39, 0.29) is 35.8 Å². The van der Waals surface area contributed by atoms with Crippen molar-refractivity contribution < 1.29 is 34.2 Å². The number of nitrogens with one attached hydrogen (secondary N) is 5. The van der Waals surface area contributed by atoms with Gasteiger partial charge in [0.25, 0.3) is 11.5 Å². The molecule has 1 aliphatic rings. The molecule has 2 heterocycles. The van der Waals surface area contributed by atoms with E-state index in [0.29, 0.717) is 24.6 Å². The smallest absolute Gasteiger partial charge is 0.326 e. The molecule has 0 saturated heterocycles. The SMILES string of the molecule is Nc1nc2c(c(=O)[nH]1)NC(CNc1ccc(C(=O)N[C@@H](CC(C=O)(C=O)C(=O)O)C(=O)O)cc1)CN2. The van der Waals surface area contributed by atoms with Gasteiger partial charge in [-0.3, -0.25) is 19.4 Å². The molecule has 1 aromatic heterocycles. The zero-order valence-electron chi connectivity index (χ0n) is 18.6. The number of carbonyl (C=O) groups excluding carboxylic acids is 3. The minimum absolute atomic E-state index is 0.00267. The van der Waals surface area contributed by atoms with Crippen molar-refractivity contribution in [3.8, 4) is 0 Å². The number of aromatic amines is 1. The number of carboxylic acids is 2. The van der Waals surface area contributed by atoms with Gasteiger partial charge in [-0.1, -0.05) is 0 Å². The number of aromatic nitrogens is 2. The Balaban J connectivity index is 1.60. The average molecular weight is 501 g/mol. The number of H-pyrrole nitrogens is 1. The second kappa shape index (κ2) is 10.5. The number of fused-ring (bicyclic) bond motifs is 1. The maximum atomic E-state index is 12.5. The highest BCUT2D eigenvalue weighted by Gasteiger charge is 2.43. The highest BCUT2D eigenvalue weighted by Crippen LogP contribution is 2.21. The van der Waals surface area contributed by atoms with Gasteiger partial charge < -0.3 is 46.8 Å². The normalized spacial score (nSPS) is 15.3. The summed E-state index contributed by atoms with van der Waals surface area (Å²) in [6.07, 6.45) is -1.28.